The summed E-state index contributed by atoms with van der Waals surface area (Å²) in [6.45, 7) is 3.99. The van der Waals surface area contributed by atoms with E-state index in [4.69, 9.17) is 10.5 Å². The fourth-order valence-electron chi connectivity index (χ4n) is 1.98. The van der Waals surface area contributed by atoms with Gasteiger partial charge >= 0.3 is 0 Å². The van der Waals surface area contributed by atoms with Gasteiger partial charge < -0.3 is 10.5 Å². The highest BCUT2D eigenvalue weighted by Gasteiger charge is 2.09. The monoisotopic (exact) mass is 337 g/mol. The van der Waals surface area contributed by atoms with E-state index in [0.29, 0.717) is 10.2 Å². The van der Waals surface area contributed by atoms with Crippen LogP contribution in [0.3, 0.4) is 0 Å². The lowest BCUT2D eigenvalue weighted by Gasteiger charge is -2.14. The van der Waals surface area contributed by atoms with E-state index in [2.05, 4.69) is 22.0 Å². The number of ether oxygens (including phenoxy) is 1. The number of hydrogen-bond acceptors (Lipinski definition) is 2. The van der Waals surface area contributed by atoms with E-state index in [1.165, 1.54) is 6.07 Å². The van der Waals surface area contributed by atoms with Crippen LogP contribution in [0.1, 0.15) is 18.1 Å². The third kappa shape index (κ3) is 3.81. The van der Waals surface area contributed by atoms with Crippen molar-refractivity contribution in [3.8, 4) is 11.5 Å². The lowest BCUT2D eigenvalue weighted by Crippen LogP contribution is -2.18. The maximum Gasteiger partial charge on any atom is 0.137 e. The van der Waals surface area contributed by atoms with Crippen LogP contribution in [0.25, 0.3) is 0 Å². The van der Waals surface area contributed by atoms with Crippen LogP contribution in [-0.4, -0.2) is 6.04 Å². The van der Waals surface area contributed by atoms with E-state index in [0.717, 1.165) is 23.3 Å². The van der Waals surface area contributed by atoms with E-state index in [9.17, 15) is 4.39 Å². The first-order valence-electron chi connectivity index (χ1n) is 6.43. The summed E-state index contributed by atoms with van der Waals surface area (Å²) in [6, 6.07) is 10.6. The molecule has 0 aromatic heterocycles. The van der Waals surface area contributed by atoms with Crippen molar-refractivity contribution in [3.63, 3.8) is 0 Å². The SMILES string of the molecule is Cc1ccc(Oc2ccc(F)c(Br)c2)c(CC(C)N)c1. The molecular formula is C16H17BrFNO. The van der Waals surface area contributed by atoms with Gasteiger partial charge in [-0.15, -0.1) is 0 Å². The van der Waals surface area contributed by atoms with Crippen molar-refractivity contribution < 1.29 is 9.13 Å². The number of benzene rings is 2. The lowest BCUT2D eigenvalue weighted by atomic mass is 10.0. The summed E-state index contributed by atoms with van der Waals surface area (Å²) in [5.74, 6) is 1.04. The molecule has 20 heavy (non-hydrogen) atoms. The Morgan fingerprint density at radius 2 is 2.00 bits per heavy atom. The Hall–Kier alpha value is -1.39. The molecule has 0 saturated carbocycles. The first-order valence-corrected chi connectivity index (χ1v) is 7.23. The highest BCUT2D eigenvalue weighted by molar-refractivity contribution is 9.10. The molecule has 2 rings (SSSR count). The maximum atomic E-state index is 13.2. The Bertz CT molecular complexity index is 613. The van der Waals surface area contributed by atoms with Gasteiger partial charge in [-0.25, -0.2) is 4.39 Å². The average Bonchev–Trinajstić information content (AvgIpc) is 2.36. The molecule has 2 N–H and O–H groups in total. The molecule has 2 aromatic rings. The quantitative estimate of drug-likeness (QED) is 0.886. The van der Waals surface area contributed by atoms with Crippen molar-refractivity contribution in [1.29, 1.82) is 0 Å². The van der Waals surface area contributed by atoms with Gasteiger partial charge in [0.15, 0.2) is 0 Å². The third-order valence-electron chi connectivity index (χ3n) is 2.88. The van der Waals surface area contributed by atoms with Gasteiger partial charge in [0.05, 0.1) is 4.47 Å². The van der Waals surface area contributed by atoms with Crippen LogP contribution in [0, 0.1) is 12.7 Å². The van der Waals surface area contributed by atoms with Crippen molar-refractivity contribution in [2.75, 3.05) is 0 Å². The average molecular weight is 338 g/mol. The zero-order valence-corrected chi connectivity index (χ0v) is 13.1. The zero-order valence-electron chi connectivity index (χ0n) is 11.5. The summed E-state index contributed by atoms with van der Waals surface area (Å²) in [7, 11) is 0. The van der Waals surface area contributed by atoms with Crippen LogP contribution in [0.4, 0.5) is 4.39 Å². The van der Waals surface area contributed by atoms with Gasteiger partial charge in [-0.1, -0.05) is 17.7 Å². The predicted molar refractivity (Wildman–Crippen MR) is 82.7 cm³/mol. The van der Waals surface area contributed by atoms with Crippen molar-refractivity contribution in [3.05, 3.63) is 57.8 Å². The third-order valence-corrected chi connectivity index (χ3v) is 3.48. The fraction of sp³-hybridized carbons (Fsp3) is 0.250. The van der Waals surface area contributed by atoms with Gasteiger partial charge in [0, 0.05) is 6.04 Å². The smallest absolute Gasteiger partial charge is 0.137 e. The van der Waals surface area contributed by atoms with Crippen molar-refractivity contribution in [2.24, 2.45) is 5.73 Å². The van der Waals surface area contributed by atoms with Crippen LogP contribution < -0.4 is 10.5 Å². The Morgan fingerprint density at radius 1 is 1.25 bits per heavy atom. The van der Waals surface area contributed by atoms with Gasteiger partial charge in [0.1, 0.15) is 17.3 Å². The molecule has 4 heteroatoms. The molecule has 0 aliphatic carbocycles. The van der Waals surface area contributed by atoms with Crippen LogP contribution >= 0.6 is 15.9 Å². The van der Waals surface area contributed by atoms with E-state index < -0.39 is 0 Å². The number of nitrogens with two attached hydrogens (primary N) is 1. The molecule has 0 spiro atoms. The molecule has 106 valence electrons. The molecule has 0 bridgehead atoms. The summed E-state index contributed by atoms with van der Waals surface area (Å²) in [4.78, 5) is 0. The first-order chi connectivity index (χ1) is 9.45. The van der Waals surface area contributed by atoms with Crippen molar-refractivity contribution in [2.45, 2.75) is 26.3 Å². The Labute approximate surface area is 126 Å². The van der Waals surface area contributed by atoms with E-state index >= 15 is 0 Å². The minimum atomic E-state index is -0.308. The summed E-state index contributed by atoms with van der Waals surface area (Å²) in [5.41, 5.74) is 8.08. The zero-order chi connectivity index (χ0) is 14.7. The molecule has 0 saturated heterocycles. The van der Waals surface area contributed by atoms with Crippen LogP contribution in [0.5, 0.6) is 11.5 Å². The molecule has 0 radical (unpaired) electrons. The van der Waals surface area contributed by atoms with Gasteiger partial charge in [0.25, 0.3) is 0 Å². The van der Waals surface area contributed by atoms with Crippen molar-refractivity contribution >= 4 is 15.9 Å². The molecule has 0 fully saturated rings. The number of halogens is 2. The van der Waals surface area contributed by atoms with E-state index in [-0.39, 0.29) is 11.9 Å². The topological polar surface area (TPSA) is 35.2 Å². The molecule has 0 amide bonds. The van der Waals surface area contributed by atoms with Gasteiger partial charge in [0.2, 0.25) is 0 Å². The Morgan fingerprint density at radius 3 is 2.65 bits per heavy atom. The minimum Gasteiger partial charge on any atom is -0.457 e. The molecule has 2 aromatic carbocycles. The normalized spacial score (nSPS) is 12.2. The molecule has 2 nitrogen and oxygen atoms in total. The fourth-order valence-corrected chi connectivity index (χ4v) is 2.34. The second-order valence-corrected chi connectivity index (χ2v) is 5.82. The molecule has 1 unspecified atom stereocenters. The highest BCUT2D eigenvalue weighted by Crippen LogP contribution is 2.29. The summed E-state index contributed by atoms with van der Waals surface area (Å²) in [6.07, 6.45) is 0.735. The molecular weight excluding hydrogens is 321 g/mol. The second kappa shape index (κ2) is 6.37. The van der Waals surface area contributed by atoms with Gasteiger partial charge in [-0.2, -0.15) is 0 Å². The highest BCUT2D eigenvalue weighted by atomic mass is 79.9. The number of hydrogen-bond donors (Lipinski definition) is 1. The molecule has 0 heterocycles. The molecule has 1 atom stereocenters. The largest absolute Gasteiger partial charge is 0.457 e. The minimum absolute atomic E-state index is 0.0547. The Balaban J connectivity index is 2.30. The van der Waals surface area contributed by atoms with Crippen LogP contribution in [-0.2, 0) is 6.42 Å². The van der Waals surface area contributed by atoms with Gasteiger partial charge in [-0.05, 0) is 66.0 Å². The predicted octanol–water partition coefficient (Wildman–Crippen LogP) is 4.58. The summed E-state index contributed by atoms with van der Waals surface area (Å²) < 4.78 is 19.5. The van der Waals surface area contributed by atoms with Gasteiger partial charge in [-0.3, -0.25) is 0 Å². The number of aryl methyl sites for hydroxylation is 1. The second-order valence-electron chi connectivity index (χ2n) is 4.97. The van der Waals surface area contributed by atoms with E-state index in [1.54, 1.807) is 12.1 Å². The summed E-state index contributed by atoms with van der Waals surface area (Å²) >= 11 is 3.15. The lowest BCUT2D eigenvalue weighted by molar-refractivity contribution is 0.471. The molecule has 0 aliphatic rings. The van der Waals surface area contributed by atoms with Crippen LogP contribution in [0.15, 0.2) is 40.9 Å². The standard InChI is InChI=1S/C16H17BrFNO/c1-10-3-6-16(12(7-10)8-11(2)19)20-13-4-5-15(18)14(17)9-13/h3-7,9,11H,8,19H2,1-2H3. The van der Waals surface area contributed by atoms with E-state index in [1.807, 2.05) is 26.0 Å². The first kappa shape index (κ1) is 15.0. The maximum absolute atomic E-state index is 13.2. The molecule has 0 aliphatic heterocycles. The van der Waals surface area contributed by atoms with Crippen LogP contribution in [0.2, 0.25) is 0 Å². The summed E-state index contributed by atoms with van der Waals surface area (Å²) in [5, 5.41) is 0. The Kier molecular flexibility index (Phi) is 4.78. The number of rotatable bonds is 4. The van der Waals surface area contributed by atoms with Crippen molar-refractivity contribution in [1.82, 2.24) is 0 Å².